The van der Waals surface area contributed by atoms with Gasteiger partial charge in [-0.3, -0.25) is 0 Å². The van der Waals surface area contributed by atoms with Crippen LogP contribution in [-0.2, 0) is 14.3 Å². The Hall–Kier alpha value is -1.18. The molecule has 0 bridgehead atoms. The number of nitrogens with zero attached hydrogens (tertiary/aromatic N) is 1. The zero-order valence-corrected chi connectivity index (χ0v) is 13.4. The number of hydrogen-bond acceptors (Lipinski definition) is 4. The Labute approximate surface area is 131 Å². The summed E-state index contributed by atoms with van der Waals surface area (Å²) in [5.41, 5.74) is 0.638. The topological polar surface area (TPSA) is 38.8 Å². The molecule has 0 saturated heterocycles. The summed E-state index contributed by atoms with van der Waals surface area (Å²) in [5, 5.41) is 0.122. The maximum atomic E-state index is 11.8. The third-order valence-corrected chi connectivity index (χ3v) is 4.31. The summed E-state index contributed by atoms with van der Waals surface area (Å²) in [5.74, 6) is 1.86. The summed E-state index contributed by atoms with van der Waals surface area (Å²) in [6, 6.07) is 0.581. The summed E-state index contributed by atoms with van der Waals surface area (Å²) >= 11 is 6.19. The van der Waals surface area contributed by atoms with E-state index < -0.39 is 12.3 Å². The second kappa shape index (κ2) is 7.20. The highest BCUT2D eigenvalue weighted by Crippen LogP contribution is 2.35. The molecule has 0 aromatic carbocycles. The molecule has 2 rings (SSSR count). The third kappa shape index (κ3) is 3.53. The van der Waals surface area contributed by atoms with Crippen LogP contribution in [0.4, 0.5) is 0 Å². The normalized spacial score (nSPS) is 23.4. The predicted molar refractivity (Wildman–Crippen MR) is 81.4 cm³/mol. The number of ether oxygens (including phenoxy) is 2. The van der Waals surface area contributed by atoms with E-state index in [1.165, 1.54) is 19.3 Å². The third-order valence-electron chi connectivity index (χ3n) is 3.96. The Morgan fingerprint density at radius 1 is 1.43 bits per heavy atom. The lowest BCUT2D eigenvalue weighted by Gasteiger charge is -2.40. The molecule has 1 fully saturated rings. The Kier molecular flexibility index (Phi) is 5.55. The molecular formula is C16H22ClNO3. The van der Waals surface area contributed by atoms with Gasteiger partial charge in [-0.15, -0.1) is 6.42 Å². The van der Waals surface area contributed by atoms with Crippen LogP contribution >= 0.6 is 11.6 Å². The van der Waals surface area contributed by atoms with Gasteiger partial charge in [0.2, 0.25) is 6.29 Å². The summed E-state index contributed by atoms with van der Waals surface area (Å²) < 4.78 is 10.7. The second-order valence-corrected chi connectivity index (χ2v) is 6.12. The van der Waals surface area contributed by atoms with Crippen molar-refractivity contribution in [2.75, 3.05) is 6.61 Å². The average Bonchev–Trinajstić information content (AvgIpc) is 2.74. The number of esters is 1. The first kappa shape index (κ1) is 16.2. The first-order valence-electron chi connectivity index (χ1n) is 7.50. The van der Waals surface area contributed by atoms with Crippen molar-refractivity contribution < 1.29 is 14.3 Å². The molecule has 0 amide bonds. The molecule has 1 atom stereocenters. The molecule has 1 saturated carbocycles. The molecular weight excluding hydrogens is 290 g/mol. The highest BCUT2D eigenvalue weighted by atomic mass is 35.5. The molecule has 1 aliphatic carbocycles. The summed E-state index contributed by atoms with van der Waals surface area (Å²) in [6.45, 7) is 4.27. The van der Waals surface area contributed by atoms with E-state index in [4.69, 9.17) is 27.5 Å². The van der Waals surface area contributed by atoms with Gasteiger partial charge in [0.05, 0.1) is 0 Å². The van der Waals surface area contributed by atoms with Crippen LogP contribution in [0.2, 0.25) is 0 Å². The molecule has 0 aromatic heterocycles. The quantitative estimate of drug-likeness (QED) is 0.578. The van der Waals surface area contributed by atoms with Crippen LogP contribution in [0.1, 0.15) is 46.0 Å². The van der Waals surface area contributed by atoms with Gasteiger partial charge in [0, 0.05) is 12.1 Å². The van der Waals surface area contributed by atoms with Gasteiger partial charge in [-0.2, -0.15) is 0 Å². The molecule has 0 radical (unpaired) electrons. The molecule has 116 valence electrons. The van der Waals surface area contributed by atoms with E-state index in [2.05, 4.69) is 24.7 Å². The van der Waals surface area contributed by atoms with Crippen LogP contribution in [0.3, 0.4) is 0 Å². The van der Waals surface area contributed by atoms with Gasteiger partial charge in [0.15, 0.2) is 5.03 Å². The van der Waals surface area contributed by atoms with Crippen molar-refractivity contribution in [1.29, 1.82) is 0 Å². The molecule has 0 aromatic rings. The van der Waals surface area contributed by atoms with Crippen LogP contribution in [-0.4, -0.2) is 35.8 Å². The number of cyclic esters (lactones) is 1. The lowest BCUT2D eigenvalue weighted by Crippen LogP contribution is -2.44. The number of hydrogen-bond donors (Lipinski definition) is 0. The molecule has 21 heavy (non-hydrogen) atoms. The minimum Gasteiger partial charge on any atom is -0.425 e. The molecule has 1 aliphatic heterocycles. The summed E-state index contributed by atoms with van der Waals surface area (Å²) in [7, 11) is 0. The number of carbonyl (C=O) groups is 1. The van der Waals surface area contributed by atoms with E-state index in [9.17, 15) is 4.79 Å². The van der Waals surface area contributed by atoms with Crippen LogP contribution in [0.15, 0.2) is 10.7 Å². The minimum absolute atomic E-state index is 0.0855. The van der Waals surface area contributed by atoms with Gasteiger partial charge in [-0.25, -0.2) is 4.79 Å². The summed E-state index contributed by atoms with van der Waals surface area (Å²) in [6.07, 6.45) is 10.3. The van der Waals surface area contributed by atoms with Gasteiger partial charge in [-0.05, 0) is 26.7 Å². The maximum Gasteiger partial charge on any atom is 0.354 e. The highest BCUT2D eigenvalue weighted by Gasteiger charge is 2.40. The standard InChI is InChI=1S/C16H22ClNO3/c1-4-10-20-16-14(13(17)15(19)21-16)18(11(2)3)12-8-6-5-7-9-12/h1,11-12,16H,5-10H2,2-3H3. The Balaban J connectivity index is 2.27. The fraction of sp³-hybridized carbons (Fsp3) is 0.688. The van der Waals surface area contributed by atoms with Crippen LogP contribution in [0, 0.1) is 12.3 Å². The van der Waals surface area contributed by atoms with Crippen molar-refractivity contribution in [2.45, 2.75) is 64.3 Å². The highest BCUT2D eigenvalue weighted by molar-refractivity contribution is 6.42. The predicted octanol–water partition coefficient (Wildman–Crippen LogP) is 3.01. The Bertz CT molecular complexity index is 461. The van der Waals surface area contributed by atoms with E-state index in [1.807, 2.05) is 0 Å². The van der Waals surface area contributed by atoms with E-state index in [0.29, 0.717) is 11.7 Å². The van der Waals surface area contributed by atoms with Crippen LogP contribution in [0.25, 0.3) is 0 Å². The van der Waals surface area contributed by atoms with Gasteiger partial charge >= 0.3 is 5.97 Å². The smallest absolute Gasteiger partial charge is 0.354 e. The number of carbonyl (C=O) groups excluding carboxylic acids is 1. The second-order valence-electron chi connectivity index (χ2n) is 5.74. The maximum absolute atomic E-state index is 11.8. The van der Waals surface area contributed by atoms with Crippen molar-refractivity contribution in [1.82, 2.24) is 4.90 Å². The van der Waals surface area contributed by atoms with Gasteiger partial charge in [-0.1, -0.05) is 36.8 Å². The summed E-state index contributed by atoms with van der Waals surface area (Å²) in [4.78, 5) is 14.0. The zero-order valence-electron chi connectivity index (χ0n) is 12.6. The van der Waals surface area contributed by atoms with Crippen molar-refractivity contribution in [3.63, 3.8) is 0 Å². The number of rotatable bonds is 5. The first-order chi connectivity index (χ1) is 10.1. The molecule has 0 N–H and O–H groups in total. The Morgan fingerprint density at radius 3 is 2.67 bits per heavy atom. The minimum atomic E-state index is -0.787. The van der Waals surface area contributed by atoms with Crippen molar-refractivity contribution in [3.8, 4) is 12.3 Å². The van der Waals surface area contributed by atoms with Gasteiger partial charge in [0.1, 0.15) is 12.3 Å². The molecule has 5 heteroatoms. The van der Waals surface area contributed by atoms with E-state index in [1.54, 1.807) is 0 Å². The van der Waals surface area contributed by atoms with Crippen LogP contribution in [0.5, 0.6) is 0 Å². The van der Waals surface area contributed by atoms with Gasteiger partial charge in [0.25, 0.3) is 0 Å². The van der Waals surface area contributed by atoms with Crippen molar-refractivity contribution >= 4 is 17.6 Å². The number of terminal acetylenes is 1. The molecule has 0 spiro atoms. The fourth-order valence-electron chi connectivity index (χ4n) is 3.14. The van der Waals surface area contributed by atoms with Crippen molar-refractivity contribution in [2.24, 2.45) is 0 Å². The Morgan fingerprint density at radius 2 is 2.10 bits per heavy atom. The lowest BCUT2D eigenvalue weighted by molar-refractivity contribution is -0.160. The fourth-order valence-corrected chi connectivity index (χ4v) is 3.37. The molecule has 4 nitrogen and oxygen atoms in total. The average molecular weight is 312 g/mol. The van der Waals surface area contributed by atoms with E-state index in [-0.39, 0.29) is 17.7 Å². The largest absolute Gasteiger partial charge is 0.425 e. The first-order valence-corrected chi connectivity index (χ1v) is 7.88. The van der Waals surface area contributed by atoms with Gasteiger partial charge < -0.3 is 14.4 Å². The molecule has 1 unspecified atom stereocenters. The SMILES string of the molecule is C#CCOC1OC(=O)C(Cl)=C1N(C(C)C)C1CCCCC1. The molecule has 2 aliphatic rings. The number of halogens is 1. The van der Waals surface area contributed by atoms with Crippen molar-refractivity contribution in [3.05, 3.63) is 10.7 Å². The van der Waals surface area contributed by atoms with E-state index in [0.717, 1.165) is 12.8 Å². The van der Waals surface area contributed by atoms with E-state index >= 15 is 0 Å². The lowest BCUT2D eigenvalue weighted by atomic mass is 9.93. The zero-order chi connectivity index (χ0) is 15.4. The molecule has 1 heterocycles. The monoisotopic (exact) mass is 311 g/mol. The van der Waals surface area contributed by atoms with Crippen LogP contribution < -0.4 is 0 Å².